The number of benzene rings is 1. The second-order valence-electron chi connectivity index (χ2n) is 5.94. The minimum atomic E-state index is -0.630. The van der Waals surface area contributed by atoms with Crippen molar-refractivity contribution in [1.29, 1.82) is 0 Å². The molecule has 3 rings (SSSR count). The summed E-state index contributed by atoms with van der Waals surface area (Å²) in [6.07, 6.45) is 1.41. The summed E-state index contributed by atoms with van der Waals surface area (Å²) in [6.45, 7) is 3.79. The lowest BCUT2D eigenvalue weighted by molar-refractivity contribution is 0.0847. The van der Waals surface area contributed by atoms with Gasteiger partial charge in [-0.3, -0.25) is 4.79 Å². The predicted octanol–water partition coefficient (Wildman–Crippen LogP) is 2.26. The smallest absolute Gasteiger partial charge is 0.274 e. The zero-order valence-corrected chi connectivity index (χ0v) is 13.2. The maximum absolute atomic E-state index is 12.6. The highest BCUT2D eigenvalue weighted by molar-refractivity contribution is 5.95. The van der Waals surface area contributed by atoms with E-state index in [1.54, 1.807) is 18.3 Å². The Hall–Kier alpha value is -2.40. The molecular formula is C18H20N2O3. The molecule has 1 heterocycles. The van der Waals surface area contributed by atoms with Crippen LogP contribution in [0.2, 0.25) is 0 Å². The number of carbonyl (C=O) groups excluding carboxylic acids is 1. The van der Waals surface area contributed by atoms with Gasteiger partial charge in [0.15, 0.2) is 11.4 Å². The van der Waals surface area contributed by atoms with Crippen molar-refractivity contribution in [3.05, 3.63) is 59.4 Å². The maximum Gasteiger partial charge on any atom is 0.274 e. The van der Waals surface area contributed by atoms with Crippen LogP contribution in [0.25, 0.3) is 0 Å². The Morgan fingerprint density at radius 1 is 1.30 bits per heavy atom. The van der Waals surface area contributed by atoms with Crippen molar-refractivity contribution in [2.75, 3.05) is 0 Å². The van der Waals surface area contributed by atoms with Gasteiger partial charge in [-0.1, -0.05) is 24.3 Å². The minimum absolute atomic E-state index is 0.0523. The topological polar surface area (TPSA) is 71.5 Å². The molecule has 23 heavy (non-hydrogen) atoms. The van der Waals surface area contributed by atoms with E-state index in [9.17, 15) is 9.90 Å². The fourth-order valence-electron chi connectivity index (χ4n) is 2.87. The highest BCUT2D eigenvalue weighted by atomic mass is 16.5. The number of nitrogens with one attached hydrogen (secondary N) is 1. The molecule has 1 aliphatic carbocycles. The zero-order chi connectivity index (χ0) is 16.4. The van der Waals surface area contributed by atoms with Crippen LogP contribution in [0, 0.1) is 0 Å². The number of carbonyl (C=O) groups is 1. The van der Waals surface area contributed by atoms with Gasteiger partial charge in [0, 0.05) is 12.6 Å². The van der Waals surface area contributed by atoms with Gasteiger partial charge in [0.05, 0.1) is 18.2 Å². The second-order valence-corrected chi connectivity index (χ2v) is 5.94. The molecule has 0 saturated carbocycles. The summed E-state index contributed by atoms with van der Waals surface area (Å²) < 4.78 is 5.64. The molecule has 1 amide bonds. The fourth-order valence-corrected chi connectivity index (χ4v) is 2.87. The zero-order valence-electron chi connectivity index (χ0n) is 13.2. The van der Waals surface area contributed by atoms with Crippen molar-refractivity contribution in [2.24, 2.45) is 0 Å². The summed E-state index contributed by atoms with van der Waals surface area (Å²) in [5, 5.41) is 13.1. The van der Waals surface area contributed by atoms with E-state index in [0.717, 1.165) is 11.1 Å². The van der Waals surface area contributed by atoms with Crippen molar-refractivity contribution < 1.29 is 14.6 Å². The highest BCUT2D eigenvalue weighted by Gasteiger charge is 2.32. The summed E-state index contributed by atoms with van der Waals surface area (Å²) in [6, 6.07) is 10.8. The van der Waals surface area contributed by atoms with Gasteiger partial charge in [0.2, 0.25) is 0 Å². The van der Waals surface area contributed by atoms with Gasteiger partial charge < -0.3 is 15.2 Å². The number of aliphatic hydroxyl groups excluding tert-OH is 1. The van der Waals surface area contributed by atoms with Crippen LogP contribution in [0.1, 0.15) is 41.5 Å². The van der Waals surface area contributed by atoms with E-state index >= 15 is 0 Å². The number of ether oxygens (including phenoxy) is 1. The number of amides is 1. The van der Waals surface area contributed by atoms with Gasteiger partial charge in [0.25, 0.3) is 5.91 Å². The van der Waals surface area contributed by atoms with Gasteiger partial charge in [-0.2, -0.15) is 0 Å². The Balaban J connectivity index is 1.83. The summed E-state index contributed by atoms with van der Waals surface area (Å²) >= 11 is 0. The van der Waals surface area contributed by atoms with Crippen LogP contribution in [-0.2, 0) is 6.42 Å². The van der Waals surface area contributed by atoms with Crippen molar-refractivity contribution in [3.63, 3.8) is 0 Å². The SMILES string of the molecule is CC(C)Oc1cccnc1C(=O)N[C@H]1c2ccccc2C[C@H]1O. The third kappa shape index (κ3) is 3.19. The molecule has 1 aromatic carbocycles. The largest absolute Gasteiger partial charge is 0.489 e. The summed E-state index contributed by atoms with van der Waals surface area (Å²) in [7, 11) is 0. The van der Waals surface area contributed by atoms with E-state index in [2.05, 4.69) is 10.3 Å². The first-order valence-electron chi connectivity index (χ1n) is 7.74. The van der Waals surface area contributed by atoms with E-state index < -0.39 is 12.1 Å². The van der Waals surface area contributed by atoms with Crippen molar-refractivity contribution >= 4 is 5.91 Å². The normalized spacial score (nSPS) is 19.5. The Labute approximate surface area is 135 Å². The Kier molecular flexibility index (Phi) is 4.30. The molecule has 0 spiro atoms. The van der Waals surface area contributed by atoms with Crippen molar-refractivity contribution in [1.82, 2.24) is 10.3 Å². The number of aliphatic hydroxyl groups is 1. The lowest BCUT2D eigenvalue weighted by Gasteiger charge is -2.19. The quantitative estimate of drug-likeness (QED) is 0.908. The first-order chi connectivity index (χ1) is 11.1. The molecule has 5 heteroatoms. The predicted molar refractivity (Wildman–Crippen MR) is 86.4 cm³/mol. The summed E-state index contributed by atoms with van der Waals surface area (Å²) in [5.41, 5.74) is 2.25. The number of aromatic nitrogens is 1. The number of hydrogen-bond donors (Lipinski definition) is 2. The molecule has 0 saturated heterocycles. The lowest BCUT2D eigenvalue weighted by atomic mass is 10.1. The second kappa shape index (κ2) is 6.38. The molecule has 2 aromatic rings. The van der Waals surface area contributed by atoms with Crippen LogP contribution in [0.4, 0.5) is 0 Å². The Bertz CT molecular complexity index is 715. The highest BCUT2D eigenvalue weighted by Crippen LogP contribution is 2.31. The van der Waals surface area contributed by atoms with Gasteiger partial charge in [0.1, 0.15) is 0 Å². The molecule has 5 nitrogen and oxygen atoms in total. The molecule has 0 radical (unpaired) electrons. The van der Waals surface area contributed by atoms with Crippen LogP contribution in [0.15, 0.2) is 42.6 Å². The monoisotopic (exact) mass is 312 g/mol. The number of hydrogen-bond acceptors (Lipinski definition) is 4. The number of pyridine rings is 1. The molecule has 0 aliphatic heterocycles. The van der Waals surface area contributed by atoms with Crippen LogP contribution in [-0.4, -0.2) is 28.2 Å². The van der Waals surface area contributed by atoms with Crippen molar-refractivity contribution in [3.8, 4) is 5.75 Å². The van der Waals surface area contributed by atoms with Crippen LogP contribution in [0.5, 0.6) is 5.75 Å². The first-order valence-corrected chi connectivity index (χ1v) is 7.74. The number of fused-ring (bicyclic) bond motifs is 1. The van der Waals surface area contributed by atoms with E-state index in [1.165, 1.54) is 0 Å². The minimum Gasteiger partial charge on any atom is -0.489 e. The third-order valence-corrected chi connectivity index (χ3v) is 3.84. The van der Waals surface area contributed by atoms with E-state index in [0.29, 0.717) is 12.2 Å². The molecule has 2 atom stereocenters. The number of nitrogens with zero attached hydrogens (tertiary/aromatic N) is 1. The van der Waals surface area contributed by atoms with E-state index in [-0.39, 0.29) is 17.7 Å². The summed E-state index contributed by atoms with van der Waals surface area (Å²) in [4.78, 5) is 16.7. The Morgan fingerprint density at radius 2 is 2.09 bits per heavy atom. The molecule has 0 fully saturated rings. The van der Waals surface area contributed by atoms with Gasteiger partial charge in [-0.05, 0) is 37.1 Å². The summed E-state index contributed by atoms with van der Waals surface area (Å²) in [5.74, 6) is 0.0998. The van der Waals surface area contributed by atoms with E-state index in [4.69, 9.17) is 4.74 Å². The van der Waals surface area contributed by atoms with Crippen LogP contribution >= 0.6 is 0 Å². The molecule has 0 bridgehead atoms. The standard InChI is InChI=1S/C18H20N2O3/c1-11(2)23-15-8-5-9-19-17(15)18(22)20-16-13-7-4-3-6-12(13)10-14(16)21/h3-9,11,14,16,21H,10H2,1-2H3,(H,20,22)/t14-,16+/m1/s1. The third-order valence-electron chi connectivity index (χ3n) is 3.84. The lowest BCUT2D eigenvalue weighted by Crippen LogP contribution is -2.34. The van der Waals surface area contributed by atoms with Gasteiger partial charge in [-0.25, -0.2) is 4.98 Å². The van der Waals surface area contributed by atoms with Gasteiger partial charge in [-0.15, -0.1) is 0 Å². The number of rotatable bonds is 4. The van der Waals surface area contributed by atoms with E-state index in [1.807, 2.05) is 38.1 Å². The average Bonchev–Trinajstić information content (AvgIpc) is 2.83. The Morgan fingerprint density at radius 3 is 2.87 bits per heavy atom. The molecule has 0 unspecified atom stereocenters. The van der Waals surface area contributed by atoms with Crippen LogP contribution < -0.4 is 10.1 Å². The van der Waals surface area contributed by atoms with Gasteiger partial charge >= 0.3 is 0 Å². The molecular weight excluding hydrogens is 292 g/mol. The van der Waals surface area contributed by atoms with Crippen LogP contribution in [0.3, 0.4) is 0 Å². The molecule has 1 aliphatic rings. The fraction of sp³-hybridized carbons (Fsp3) is 0.333. The molecule has 2 N–H and O–H groups in total. The maximum atomic E-state index is 12.6. The molecule has 1 aromatic heterocycles. The first kappa shape index (κ1) is 15.5. The molecule has 120 valence electrons. The average molecular weight is 312 g/mol. The van der Waals surface area contributed by atoms with Crippen molar-refractivity contribution in [2.45, 2.75) is 38.5 Å².